The molecule has 0 aromatic heterocycles. The van der Waals surface area contributed by atoms with Crippen molar-refractivity contribution in [2.45, 2.75) is 64.1 Å². The largest absolute Gasteiger partial charge is 0.393 e. The molecule has 1 saturated heterocycles. The van der Waals surface area contributed by atoms with E-state index in [9.17, 15) is 5.11 Å². The molecule has 0 aromatic rings. The average molecular weight is 255 g/mol. The highest BCUT2D eigenvalue weighted by atomic mass is 16.5. The molecule has 3 unspecified atom stereocenters. The maximum atomic E-state index is 9.98. The Labute approximate surface area is 112 Å². The Morgan fingerprint density at radius 3 is 2.39 bits per heavy atom. The van der Waals surface area contributed by atoms with E-state index in [0.717, 1.165) is 44.8 Å². The minimum Gasteiger partial charge on any atom is -0.393 e. The van der Waals surface area contributed by atoms with E-state index in [4.69, 9.17) is 4.74 Å². The van der Waals surface area contributed by atoms with E-state index in [1.165, 1.54) is 6.42 Å². The molecule has 2 aliphatic rings. The fourth-order valence-corrected chi connectivity index (χ4v) is 3.76. The highest BCUT2D eigenvalue weighted by Gasteiger charge is 2.36. The van der Waals surface area contributed by atoms with Crippen molar-refractivity contribution in [1.82, 2.24) is 4.90 Å². The van der Waals surface area contributed by atoms with Crippen molar-refractivity contribution in [3.05, 3.63) is 0 Å². The van der Waals surface area contributed by atoms with Gasteiger partial charge in [-0.25, -0.2) is 0 Å². The van der Waals surface area contributed by atoms with Crippen LogP contribution in [0, 0.1) is 11.8 Å². The lowest BCUT2D eigenvalue weighted by molar-refractivity contribution is -0.0248. The van der Waals surface area contributed by atoms with Gasteiger partial charge in [-0.05, 0) is 51.0 Å². The third kappa shape index (κ3) is 3.25. The molecule has 0 radical (unpaired) electrons. The molecule has 106 valence electrons. The SMILES string of the molecule is CC(C)C1CCC(O)CC1N(C)C1CCOCC1. The zero-order chi connectivity index (χ0) is 13.1. The van der Waals surface area contributed by atoms with Gasteiger partial charge in [0.1, 0.15) is 0 Å². The second kappa shape index (κ2) is 6.36. The summed E-state index contributed by atoms with van der Waals surface area (Å²) in [6, 6.07) is 1.20. The zero-order valence-electron chi connectivity index (χ0n) is 12.1. The maximum absolute atomic E-state index is 9.98. The quantitative estimate of drug-likeness (QED) is 0.840. The van der Waals surface area contributed by atoms with Crippen LogP contribution in [0.5, 0.6) is 0 Å². The number of aliphatic hydroxyl groups excluding tert-OH is 1. The monoisotopic (exact) mass is 255 g/mol. The van der Waals surface area contributed by atoms with Gasteiger partial charge in [0.05, 0.1) is 6.10 Å². The van der Waals surface area contributed by atoms with Crippen LogP contribution in [0.25, 0.3) is 0 Å². The molecule has 0 aromatic carbocycles. The van der Waals surface area contributed by atoms with Gasteiger partial charge in [-0.3, -0.25) is 4.90 Å². The van der Waals surface area contributed by atoms with Crippen LogP contribution in [0.3, 0.4) is 0 Å². The fourth-order valence-electron chi connectivity index (χ4n) is 3.76. The normalized spacial score (nSPS) is 35.3. The van der Waals surface area contributed by atoms with Crippen molar-refractivity contribution in [3.8, 4) is 0 Å². The highest BCUT2D eigenvalue weighted by Crippen LogP contribution is 2.35. The van der Waals surface area contributed by atoms with Crippen LogP contribution < -0.4 is 0 Å². The molecule has 1 aliphatic carbocycles. The lowest BCUT2D eigenvalue weighted by atomic mass is 9.75. The first-order valence-corrected chi connectivity index (χ1v) is 7.57. The van der Waals surface area contributed by atoms with Gasteiger partial charge < -0.3 is 9.84 Å². The number of aliphatic hydroxyl groups is 1. The summed E-state index contributed by atoms with van der Waals surface area (Å²) in [6.07, 6.45) is 5.32. The van der Waals surface area contributed by atoms with Crippen LogP contribution in [0.1, 0.15) is 46.0 Å². The minimum absolute atomic E-state index is 0.0905. The molecule has 0 spiro atoms. The second-order valence-corrected chi connectivity index (χ2v) is 6.45. The van der Waals surface area contributed by atoms with Crippen molar-refractivity contribution in [2.24, 2.45) is 11.8 Å². The Bertz CT molecular complexity index is 251. The van der Waals surface area contributed by atoms with Gasteiger partial charge in [-0.1, -0.05) is 13.8 Å². The smallest absolute Gasteiger partial charge is 0.0555 e. The Kier molecular flexibility index (Phi) is 5.05. The second-order valence-electron chi connectivity index (χ2n) is 6.45. The van der Waals surface area contributed by atoms with E-state index in [0.29, 0.717) is 18.0 Å². The molecule has 1 saturated carbocycles. The van der Waals surface area contributed by atoms with E-state index in [2.05, 4.69) is 25.8 Å². The van der Waals surface area contributed by atoms with Crippen molar-refractivity contribution < 1.29 is 9.84 Å². The van der Waals surface area contributed by atoms with E-state index < -0.39 is 0 Å². The van der Waals surface area contributed by atoms with Gasteiger partial charge in [0.25, 0.3) is 0 Å². The molecular formula is C15H29NO2. The van der Waals surface area contributed by atoms with E-state index in [1.807, 2.05) is 0 Å². The van der Waals surface area contributed by atoms with Crippen LogP contribution in [0.4, 0.5) is 0 Å². The Hall–Kier alpha value is -0.120. The van der Waals surface area contributed by atoms with Crippen molar-refractivity contribution >= 4 is 0 Å². The molecule has 2 fully saturated rings. The number of rotatable bonds is 3. The number of ether oxygens (including phenoxy) is 1. The van der Waals surface area contributed by atoms with E-state index in [-0.39, 0.29) is 6.10 Å². The first kappa shape index (κ1) is 14.3. The minimum atomic E-state index is -0.0905. The summed E-state index contributed by atoms with van der Waals surface area (Å²) in [7, 11) is 2.26. The predicted molar refractivity (Wildman–Crippen MR) is 73.6 cm³/mol. The van der Waals surface area contributed by atoms with E-state index in [1.54, 1.807) is 0 Å². The van der Waals surface area contributed by atoms with Gasteiger partial charge in [-0.15, -0.1) is 0 Å². The predicted octanol–water partition coefficient (Wildman–Crippen LogP) is 2.28. The molecule has 1 aliphatic heterocycles. The molecule has 18 heavy (non-hydrogen) atoms. The van der Waals surface area contributed by atoms with E-state index >= 15 is 0 Å². The summed E-state index contributed by atoms with van der Waals surface area (Å²) < 4.78 is 5.46. The fraction of sp³-hybridized carbons (Fsp3) is 1.00. The van der Waals surface area contributed by atoms with Crippen LogP contribution in [0.2, 0.25) is 0 Å². The third-order valence-corrected chi connectivity index (χ3v) is 4.99. The molecule has 2 rings (SSSR count). The Morgan fingerprint density at radius 2 is 1.78 bits per heavy atom. The molecule has 0 bridgehead atoms. The van der Waals surface area contributed by atoms with Crippen LogP contribution >= 0.6 is 0 Å². The van der Waals surface area contributed by atoms with Gasteiger partial charge in [0.2, 0.25) is 0 Å². The summed E-state index contributed by atoms with van der Waals surface area (Å²) in [5.41, 5.74) is 0. The third-order valence-electron chi connectivity index (χ3n) is 4.99. The van der Waals surface area contributed by atoms with Gasteiger partial charge >= 0.3 is 0 Å². The van der Waals surface area contributed by atoms with Crippen LogP contribution in [0.15, 0.2) is 0 Å². The average Bonchev–Trinajstić information content (AvgIpc) is 2.38. The van der Waals surface area contributed by atoms with Gasteiger partial charge in [0.15, 0.2) is 0 Å². The van der Waals surface area contributed by atoms with Crippen molar-refractivity contribution in [2.75, 3.05) is 20.3 Å². The Morgan fingerprint density at radius 1 is 1.11 bits per heavy atom. The van der Waals surface area contributed by atoms with Crippen molar-refractivity contribution in [3.63, 3.8) is 0 Å². The summed E-state index contributed by atoms with van der Waals surface area (Å²) in [5.74, 6) is 1.45. The van der Waals surface area contributed by atoms with Gasteiger partial charge in [-0.2, -0.15) is 0 Å². The lowest BCUT2D eigenvalue weighted by Gasteiger charge is -2.45. The topological polar surface area (TPSA) is 32.7 Å². The summed E-state index contributed by atoms with van der Waals surface area (Å²) >= 11 is 0. The molecule has 1 heterocycles. The summed E-state index contributed by atoms with van der Waals surface area (Å²) in [5, 5.41) is 9.98. The number of hydrogen-bond donors (Lipinski definition) is 1. The number of hydrogen-bond acceptors (Lipinski definition) is 3. The maximum Gasteiger partial charge on any atom is 0.0555 e. The number of nitrogens with zero attached hydrogens (tertiary/aromatic N) is 1. The van der Waals surface area contributed by atoms with Crippen LogP contribution in [-0.4, -0.2) is 48.5 Å². The first-order valence-electron chi connectivity index (χ1n) is 7.57. The van der Waals surface area contributed by atoms with Gasteiger partial charge in [0, 0.05) is 25.3 Å². The molecule has 1 N–H and O–H groups in total. The molecule has 0 amide bonds. The molecule has 3 atom stereocenters. The van der Waals surface area contributed by atoms with Crippen LogP contribution in [-0.2, 0) is 4.74 Å². The highest BCUT2D eigenvalue weighted by molar-refractivity contribution is 4.90. The first-order chi connectivity index (χ1) is 8.59. The zero-order valence-corrected chi connectivity index (χ0v) is 12.1. The molecule has 3 nitrogen and oxygen atoms in total. The summed E-state index contributed by atoms with van der Waals surface area (Å²) in [6.45, 7) is 6.45. The standard InChI is InChI=1S/C15H29NO2/c1-11(2)14-5-4-13(17)10-15(14)16(3)12-6-8-18-9-7-12/h11-15,17H,4-10H2,1-3H3. The summed E-state index contributed by atoms with van der Waals surface area (Å²) in [4.78, 5) is 2.55. The molecule has 3 heteroatoms. The Balaban J connectivity index is 2.01. The lowest BCUT2D eigenvalue weighted by Crippen LogP contribution is -2.51. The van der Waals surface area contributed by atoms with Crippen molar-refractivity contribution in [1.29, 1.82) is 0 Å². The molecular weight excluding hydrogens is 226 g/mol.